The summed E-state index contributed by atoms with van der Waals surface area (Å²) in [7, 11) is -0.231. The third kappa shape index (κ3) is 2.71. The van der Waals surface area contributed by atoms with Gasteiger partial charge >= 0.3 is 7.12 Å². The maximum Gasteiger partial charge on any atom is 0.488 e. The van der Waals surface area contributed by atoms with Crippen LogP contribution in [0.2, 0.25) is 0 Å². The summed E-state index contributed by atoms with van der Waals surface area (Å²) in [6, 6.07) is 6.35. The molecule has 1 aromatic carbocycles. The monoisotopic (exact) mass is 285 g/mol. The van der Waals surface area contributed by atoms with Crippen molar-refractivity contribution >= 4 is 24.3 Å². The maximum absolute atomic E-state index is 9.26. The van der Waals surface area contributed by atoms with Crippen molar-refractivity contribution in [3.05, 3.63) is 23.8 Å². The number of nitriles is 1. The summed E-state index contributed by atoms with van der Waals surface area (Å²) in [5, 5.41) is 27.7. The molecular formula is C12H12BN5O3. The lowest BCUT2D eigenvalue weighted by atomic mass is 9.79. The number of anilines is 2. The van der Waals surface area contributed by atoms with Crippen LogP contribution in [0.3, 0.4) is 0 Å². The molecule has 8 nitrogen and oxygen atoms in total. The molecule has 1 aromatic heterocycles. The topological polar surface area (TPSA) is 151 Å². The molecule has 0 atom stereocenters. The number of nitrogens with zero attached hydrogens (tertiary/aromatic N) is 3. The average Bonchev–Trinajstić information content (AvgIpc) is 2.45. The van der Waals surface area contributed by atoms with Crippen LogP contribution in [-0.2, 0) is 0 Å². The minimum Gasteiger partial charge on any atom is -0.496 e. The van der Waals surface area contributed by atoms with E-state index in [1.165, 1.54) is 25.3 Å². The van der Waals surface area contributed by atoms with E-state index < -0.39 is 7.12 Å². The molecule has 1 heterocycles. The second kappa shape index (κ2) is 5.66. The summed E-state index contributed by atoms with van der Waals surface area (Å²) in [5.41, 5.74) is 12.0. The van der Waals surface area contributed by atoms with E-state index in [4.69, 9.17) is 16.2 Å². The second-order valence-corrected chi connectivity index (χ2v) is 4.14. The lowest BCUT2D eigenvalue weighted by Crippen LogP contribution is -2.29. The summed E-state index contributed by atoms with van der Waals surface area (Å²) < 4.78 is 5.20. The third-order valence-corrected chi connectivity index (χ3v) is 2.84. The van der Waals surface area contributed by atoms with Gasteiger partial charge < -0.3 is 26.3 Å². The first-order chi connectivity index (χ1) is 9.97. The summed E-state index contributed by atoms with van der Waals surface area (Å²) in [4.78, 5) is 7.73. The summed E-state index contributed by atoms with van der Waals surface area (Å²) in [5.74, 6) is 0.226. The number of methoxy groups -OCH3 is 1. The molecule has 0 aliphatic carbocycles. The first-order valence-electron chi connectivity index (χ1n) is 5.85. The smallest absolute Gasteiger partial charge is 0.488 e. The van der Waals surface area contributed by atoms with Crippen LogP contribution in [0.4, 0.5) is 11.8 Å². The van der Waals surface area contributed by atoms with Crippen molar-refractivity contribution in [1.82, 2.24) is 9.97 Å². The Kier molecular flexibility index (Phi) is 3.93. The lowest BCUT2D eigenvalue weighted by Gasteiger charge is -2.12. The highest BCUT2D eigenvalue weighted by molar-refractivity contribution is 6.58. The van der Waals surface area contributed by atoms with Crippen LogP contribution < -0.4 is 21.7 Å². The van der Waals surface area contributed by atoms with E-state index in [2.05, 4.69) is 9.97 Å². The normalized spacial score (nSPS) is 10.0. The van der Waals surface area contributed by atoms with Crippen molar-refractivity contribution in [2.24, 2.45) is 0 Å². The molecule has 6 N–H and O–H groups in total. The van der Waals surface area contributed by atoms with Crippen LogP contribution in [0, 0.1) is 11.3 Å². The molecule has 0 fully saturated rings. The van der Waals surface area contributed by atoms with Crippen molar-refractivity contribution in [3.63, 3.8) is 0 Å². The van der Waals surface area contributed by atoms with Gasteiger partial charge in [-0.1, -0.05) is 6.07 Å². The molecule has 21 heavy (non-hydrogen) atoms. The quantitative estimate of drug-likeness (QED) is 0.517. The fraction of sp³-hybridized carbons (Fsp3) is 0.0833. The molecule has 2 aromatic rings. The van der Waals surface area contributed by atoms with E-state index >= 15 is 0 Å². The highest BCUT2D eigenvalue weighted by atomic mass is 16.5. The van der Waals surface area contributed by atoms with Crippen molar-refractivity contribution in [3.8, 4) is 23.1 Å². The van der Waals surface area contributed by atoms with Crippen molar-refractivity contribution in [1.29, 1.82) is 5.26 Å². The summed E-state index contributed by atoms with van der Waals surface area (Å²) in [6.07, 6.45) is 0. The molecule has 0 bridgehead atoms. The fourth-order valence-electron chi connectivity index (χ4n) is 1.87. The van der Waals surface area contributed by atoms with Gasteiger partial charge in [0.05, 0.1) is 12.8 Å². The van der Waals surface area contributed by atoms with E-state index in [1.54, 1.807) is 0 Å². The van der Waals surface area contributed by atoms with Crippen LogP contribution >= 0.6 is 0 Å². The number of hydrogen-bond acceptors (Lipinski definition) is 8. The van der Waals surface area contributed by atoms with Crippen molar-refractivity contribution < 1.29 is 14.8 Å². The van der Waals surface area contributed by atoms with E-state index in [0.717, 1.165) is 0 Å². The van der Waals surface area contributed by atoms with Gasteiger partial charge in [0.2, 0.25) is 5.95 Å². The maximum atomic E-state index is 9.26. The SMILES string of the molecule is COc1ccc(B(O)O)cc1-c1nc(N)nc(N)c1C#N. The zero-order valence-corrected chi connectivity index (χ0v) is 11.1. The molecule has 0 saturated carbocycles. The Morgan fingerprint density at radius 3 is 2.57 bits per heavy atom. The Morgan fingerprint density at radius 1 is 1.29 bits per heavy atom. The molecule has 0 amide bonds. The van der Waals surface area contributed by atoms with Crippen LogP contribution in [-0.4, -0.2) is 34.2 Å². The predicted molar refractivity (Wildman–Crippen MR) is 77.4 cm³/mol. The van der Waals surface area contributed by atoms with Gasteiger partial charge in [0, 0.05) is 5.56 Å². The van der Waals surface area contributed by atoms with Gasteiger partial charge in [0.15, 0.2) is 0 Å². The number of nitrogens with two attached hydrogens (primary N) is 2. The molecule has 106 valence electrons. The summed E-state index contributed by atoms with van der Waals surface area (Å²) >= 11 is 0. The van der Waals surface area contributed by atoms with Gasteiger partial charge in [-0.15, -0.1) is 0 Å². The zero-order valence-electron chi connectivity index (χ0n) is 11.1. The Hall–Kier alpha value is -2.83. The highest BCUT2D eigenvalue weighted by Crippen LogP contribution is 2.32. The molecule has 0 aliphatic rings. The average molecular weight is 285 g/mol. The van der Waals surface area contributed by atoms with Gasteiger partial charge in [-0.25, -0.2) is 4.98 Å². The predicted octanol–water partition coefficient (Wildman–Crippen LogP) is -1.13. The number of aromatic nitrogens is 2. The van der Waals surface area contributed by atoms with Gasteiger partial charge in [0.25, 0.3) is 0 Å². The molecule has 0 spiro atoms. The number of ether oxygens (including phenoxy) is 1. The van der Waals surface area contributed by atoms with Crippen LogP contribution in [0.15, 0.2) is 18.2 Å². The van der Waals surface area contributed by atoms with E-state index in [-0.39, 0.29) is 28.5 Å². The first-order valence-corrected chi connectivity index (χ1v) is 5.85. The van der Waals surface area contributed by atoms with Crippen LogP contribution in [0.5, 0.6) is 5.75 Å². The first kappa shape index (κ1) is 14.6. The van der Waals surface area contributed by atoms with Crippen molar-refractivity contribution in [2.75, 3.05) is 18.6 Å². The second-order valence-electron chi connectivity index (χ2n) is 4.14. The summed E-state index contributed by atoms with van der Waals surface area (Å²) in [6.45, 7) is 0. The fourth-order valence-corrected chi connectivity index (χ4v) is 1.87. The number of benzene rings is 1. The number of nitrogen functional groups attached to an aromatic ring is 2. The zero-order chi connectivity index (χ0) is 15.6. The number of rotatable bonds is 3. The van der Waals surface area contributed by atoms with E-state index in [0.29, 0.717) is 11.3 Å². The molecule has 0 radical (unpaired) electrons. The Bertz CT molecular complexity index is 730. The van der Waals surface area contributed by atoms with Crippen LogP contribution in [0.1, 0.15) is 5.56 Å². The molecular weight excluding hydrogens is 273 g/mol. The van der Waals surface area contributed by atoms with Gasteiger partial charge in [0.1, 0.15) is 23.2 Å². The Balaban J connectivity index is 2.77. The molecule has 2 rings (SSSR count). The molecule has 0 saturated heterocycles. The molecule has 0 unspecified atom stereocenters. The van der Waals surface area contributed by atoms with Gasteiger partial charge in [-0.05, 0) is 17.6 Å². The standard InChI is InChI=1S/C12H12BN5O3/c1-21-9-3-2-6(13(19)20)4-7(9)10-8(5-14)11(15)18-12(16)17-10/h2-4,19-20H,1H3,(H4,15,16,17,18). The molecule has 0 aliphatic heterocycles. The van der Waals surface area contributed by atoms with E-state index in [1.807, 2.05) is 6.07 Å². The Morgan fingerprint density at radius 2 is 2.00 bits per heavy atom. The minimum absolute atomic E-state index is 0.0343. The van der Waals surface area contributed by atoms with Gasteiger partial charge in [-0.3, -0.25) is 0 Å². The number of hydrogen-bond donors (Lipinski definition) is 4. The van der Waals surface area contributed by atoms with E-state index in [9.17, 15) is 15.3 Å². The minimum atomic E-state index is -1.67. The van der Waals surface area contributed by atoms with Gasteiger partial charge in [-0.2, -0.15) is 10.2 Å². The van der Waals surface area contributed by atoms with Crippen molar-refractivity contribution in [2.45, 2.75) is 0 Å². The third-order valence-electron chi connectivity index (χ3n) is 2.84. The molecule has 9 heteroatoms. The largest absolute Gasteiger partial charge is 0.496 e. The lowest BCUT2D eigenvalue weighted by molar-refractivity contribution is 0.415. The van der Waals surface area contributed by atoms with Crippen LogP contribution in [0.25, 0.3) is 11.3 Å². The Labute approximate surface area is 120 Å². The highest BCUT2D eigenvalue weighted by Gasteiger charge is 2.20.